The molecular formula is C26H39N5O3S. The number of allylic oxidation sites excluding steroid dienone is 1. The van der Waals surface area contributed by atoms with Gasteiger partial charge in [0.2, 0.25) is 0 Å². The summed E-state index contributed by atoms with van der Waals surface area (Å²) in [4.78, 5) is 37.4. The van der Waals surface area contributed by atoms with Crippen molar-refractivity contribution >= 4 is 38.9 Å². The molecule has 2 amide bonds. The van der Waals surface area contributed by atoms with Crippen molar-refractivity contribution < 1.29 is 14.3 Å². The first-order chi connectivity index (χ1) is 16.8. The third kappa shape index (κ3) is 5.62. The molecule has 1 aromatic rings. The van der Waals surface area contributed by atoms with Crippen molar-refractivity contribution in [2.24, 2.45) is 10.9 Å². The molecule has 1 unspecified atom stereocenters. The quantitative estimate of drug-likeness (QED) is 0.619. The van der Waals surface area contributed by atoms with Gasteiger partial charge in [-0.15, -0.1) is 0 Å². The van der Waals surface area contributed by atoms with Crippen LogP contribution in [0.2, 0.25) is 0 Å². The van der Waals surface area contributed by atoms with Gasteiger partial charge in [-0.1, -0.05) is 16.9 Å². The molecule has 8 nitrogen and oxygen atoms in total. The fourth-order valence-corrected chi connectivity index (χ4v) is 6.76. The standard InChI is InChI=1S/C26H39N5O3S/c1-6-31(20-7-13-34-14-8-20)25-19(4)22(26(35-25)30-11-9-29(5)10-12-30)24(33)27-16-21-17(2)15-18(3)28-23(21)32/h15,20-21H,6-14,16H2,1-5H3,(H,27,33). The average molecular weight is 502 g/mol. The molecule has 3 aliphatic heterocycles. The molecule has 4 heterocycles. The topological polar surface area (TPSA) is 77.5 Å². The molecule has 0 aromatic carbocycles. The Morgan fingerprint density at radius 1 is 1.20 bits per heavy atom. The van der Waals surface area contributed by atoms with Crippen molar-refractivity contribution in [3.63, 3.8) is 0 Å². The molecule has 192 valence electrons. The highest BCUT2D eigenvalue weighted by Crippen LogP contribution is 2.43. The van der Waals surface area contributed by atoms with E-state index in [0.717, 1.165) is 86.2 Å². The average Bonchev–Trinajstić information content (AvgIpc) is 3.17. The van der Waals surface area contributed by atoms with Crippen molar-refractivity contribution in [2.45, 2.75) is 46.6 Å². The normalized spacial score (nSPS) is 22.1. The lowest BCUT2D eigenvalue weighted by Crippen LogP contribution is -2.45. The molecule has 0 radical (unpaired) electrons. The van der Waals surface area contributed by atoms with E-state index in [9.17, 15) is 9.59 Å². The van der Waals surface area contributed by atoms with E-state index in [1.807, 2.05) is 19.9 Å². The van der Waals surface area contributed by atoms with Crippen LogP contribution in [-0.2, 0) is 9.53 Å². The van der Waals surface area contributed by atoms with Crippen LogP contribution in [0.15, 0.2) is 16.6 Å². The summed E-state index contributed by atoms with van der Waals surface area (Å²) in [6, 6.07) is 0.427. The molecule has 0 saturated carbocycles. The van der Waals surface area contributed by atoms with Gasteiger partial charge in [0, 0.05) is 64.2 Å². The Balaban J connectivity index is 1.61. The van der Waals surface area contributed by atoms with E-state index in [1.54, 1.807) is 11.3 Å². The predicted octanol–water partition coefficient (Wildman–Crippen LogP) is 3.11. The molecular weight excluding hydrogens is 462 g/mol. The van der Waals surface area contributed by atoms with Crippen LogP contribution in [0.3, 0.4) is 0 Å². The lowest BCUT2D eigenvalue weighted by molar-refractivity contribution is -0.120. The number of carbonyl (C=O) groups excluding carboxylic acids is 2. The first-order valence-corrected chi connectivity index (χ1v) is 13.6. The Morgan fingerprint density at radius 2 is 1.89 bits per heavy atom. The second kappa shape index (κ2) is 11.2. The molecule has 0 spiro atoms. The summed E-state index contributed by atoms with van der Waals surface area (Å²) in [6.07, 6.45) is 3.94. The molecule has 9 heteroatoms. The number of aliphatic imine (C=N–C) groups is 1. The van der Waals surface area contributed by atoms with E-state index in [0.29, 0.717) is 6.04 Å². The molecule has 2 saturated heterocycles. The van der Waals surface area contributed by atoms with E-state index in [1.165, 1.54) is 5.00 Å². The largest absolute Gasteiger partial charge is 0.381 e. The highest BCUT2D eigenvalue weighted by Gasteiger charge is 2.32. The van der Waals surface area contributed by atoms with E-state index in [4.69, 9.17) is 4.74 Å². The minimum atomic E-state index is -0.400. The number of anilines is 2. The number of dihydropyridines is 1. The van der Waals surface area contributed by atoms with Gasteiger partial charge in [-0.05, 0) is 59.2 Å². The molecule has 0 bridgehead atoms. The summed E-state index contributed by atoms with van der Waals surface area (Å²) in [7, 11) is 2.14. The van der Waals surface area contributed by atoms with Crippen molar-refractivity contribution in [1.29, 1.82) is 0 Å². The maximum Gasteiger partial charge on any atom is 0.254 e. The molecule has 3 aliphatic rings. The molecule has 1 atom stereocenters. The zero-order chi connectivity index (χ0) is 25.1. The number of amides is 2. The van der Waals surface area contributed by atoms with E-state index >= 15 is 0 Å². The summed E-state index contributed by atoms with van der Waals surface area (Å²) in [5.74, 6) is -0.683. The number of hydrogen-bond acceptors (Lipinski definition) is 7. The Morgan fingerprint density at radius 3 is 2.51 bits per heavy atom. The van der Waals surface area contributed by atoms with Gasteiger partial charge in [-0.25, -0.2) is 4.99 Å². The molecule has 1 aromatic heterocycles. The SMILES string of the molecule is CCN(c1sc(N2CCN(C)CC2)c(C(=O)NCC2C(=O)N=C(C)C=C2C)c1C)C1CCOCC1. The van der Waals surface area contributed by atoms with Crippen LogP contribution in [0, 0.1) is 12.8 Å². The Kier molecular flexibility index (Phi) is 8.29. The van der Waals surface area contributed by atoms with Gasteiger partial charge in [0.1, 0.15) is 5.00 Å². The summed E-state index contributed by atoms with van der Waals surface area (Å²) in [5, 5.41) is 5.31. The van der Waals surface area contributed by atoms with Crippen LogP contribution in [0.4, 0.5) is 10.0 Å². The predicted molar refractivity (Wildman–Crippen MR) is 143 cm³/mol. The molecule has 1 N–H and O–H groups in total. The molecule has 2 fully saturated rings. The smallest absolute Gasteiger partial charge is 0.254 e. The Bertz CT molecular complexity index is 1000. The maximum absolute atomic E-state index is 13.7. The first kappa shape index (κ1) is 25.9. The number of hydrogen-bond donors (Lipinski definition) is 1. The fourth-order valence-electron chi connectivity index (χ4n) is 5.26. The summed E-state index contributed by atoms with van der Waals surface area (Å²) < 4.78 is 5.60. The molecule has 4 rings (SSSR count). The monoisotopic (exact) mass is 501 g/mol. The van der Waals surface area contributed by atoms with Gasteiger partial charge in [0.15, 0.2) is 0 Å². The maximum atomic E-state index is 13.7. The third-order valence-electron chi connectivity index (χ3n) is 7.39. The van der Waals surface area contributed by atoms with Gasteiger partial charge in [-0.2, -0.15) is 0 Å². The number of rotatable bonds is 7. The summed E-state index contributed by atoms with van der Waals surface area (Å²) in [5.41, 5.74) is 3.45. The van der Waals surface area contributed by atoms with Crippen molar-refractivity contribution in [3.8, 4) is 0 Å². The number of carbonyl (C=O) groups is 2. The number of likely N-dealkylation sites (N-methyl/N-ethyl adjacent to an activating group) is 1. The molecule has 35 heavy (non-hydrogen) atoms. The number of piperazine rings is 1. The van der Waals surface area contributed by atoms with Gasteiger partial charge in [0.25, 0.3) is 11.8 Å². The van der Waals surface area contributed by atoms with Crippen LogP contribution >= 0.6 is 11.3 Å². The lowest BCUT2D eigenvalue weighted by Gasteiger charge is -2.35. The zero-order valence-electron chi connectivity index (χ0n) is 21.7. The number of thiophene rings is 1. The second-order valence-corrected chi connectivity index (χ2v) is 10.9. The summed E-state index contributed by atoms with van der Waals surface area (Å²) in [6.45, 7) is 14.5. The van der Waals surface area contributed by atoms with Crippen LogP contribution in [-0.4, -0.2) is 88.0 Å². The second-order valence-electron chi connectivity index (χ2n) is 9.87. The fraction of sp³-hybridized carbons (Fsp3) is 0.654. The van der Waals surface area contributed by atoms with Gasteiger partial charge in [-0.3, -0.25) is 9.59 Å². The van der Waals surface area contributed by atoms with Gasteiger partial charge < -0.3 is 24.8 Å². The minimum Gasteiger partial charge on any atom is -0.381 e. The Labute approximate surface area is 213 Å². The third-order valence-corrected chi connectivity index (χ3v) is 8.78. The molecule has 0 aliphatic carbocycles. The van der Waals surface area contributed by atoms with Gasteiger partial charge in [0.05, 0.1) is 16.5 Å². The van der Waals surface area contributed by atoms with E-state index in [2.05, 4.69) is 45.9 Å². The highest BCUT2D eigenvalue weighted by atomic mass is 32.1. The van der Waals surface area contributed by atoms with Gasteiger partial charge >= 0.3 is 0 Å². The van der Waals surface area contributed by atoms with Crippen LogP contribution in [0.25, 0.3) is 0 Å². The first-order valence-electron chi connectivity index (χ1n) is 12.8. The Hall–Kier alpha value is -2.23. The van der Waals surface area contributed by atoms with E-state index < -0.39 is 5.92 Å². The van der Waals surface area contributed by atoms with Crippen molar-refractivity contribution in [3.05, 3.63) is 22.8 Å². The summed E-state index contributed by atoms with van der Waals surface area (Å²) >= 11 is 1.74. The highest BCUT2D eigenvalue weighted by molar-refractivity contribution is 7.20. The van der Waals surface area contributed by atoms with Crippen molar-refractivity contribution in [2.75, 3.05) is 69.3 Å². The lowest BCUT2D eigenvalue weighted by atomic mass is 9.95. The number of nitrogens with one attached hydrogen (secondary N) is 1. The van der Waals surface area contributed by atoms with Crippen LogP contribution in [0.5, 0.6) is 0 Å². The van der Waals surface area contributed by atoms with E-state index in [-0.39, 0.29) is 18.4 Å². The zero-order valence-corrected chi connectivity index (χ0v) is 22.5. The number of nitrogens with zero attached hydrogens (tertiary/aromatic N) is 4. The van der Waals surface area contributed by atoms with Crippen molar-refractivity contribution in [1.82, 2.24) is 10.2 Å². The van der Waals surface area contributed by atoms with Crippen LogP contribution in [0.1, 0.15) is 49.5 Å². The minimum absolute atomic E-state index is 0.103. The number of ether oxygens (including phenoxy) is 1. The van der Waals surface area contributed by atoms with Crippen LogP contribution < -0.4 is 15.1 Å².